The van der Waals surface area contributed by atoms with Crippen LogP contribution >= 0.6 is 0 Å². The van der Waals surface area contributed by atoms with Gasteiger partial charge in [-0.3, -0.25) is 5.43 Å². The van der Waals surface area contributed by atoms with Gasteiger partial charge in [-0.1, -0.05) is 67.8 Å². The first kappa shape index (κ1) is 17.9. The van der Waals surface area contributed by atoms with Gasteiger partial charge in [0.25, 0.3) is 0 Å². The van der Waals surface area contributed by atoms with Gasteiger partial charge in [-0.15, -0.1) is 0 Å². The van der Waals surface area contributed by atoms with Crippen LogP contribution < -0.4 is 5.43 Å². The lowest BCUT2D eigenvalue weighted by Gasteiger charge is -2.57. The lowest BCUT2D eigenvalue weighted by molar-refractivity contribution is -0.110. The van der Waals surface area contributed by atoms with Crippen molar-refractivity contribution in [1.29, 1.82) is 0 Å². The van der Waals surface area contributed by atoms with Crippen molar-refractivity contribution in [1.82, 2.24) is 0 Å². The Hall–Kier alpha value is -2.13. The molecule has 0 aliphatic heterocycles. The van der Waals surface area contributed by atoms with Crippen LogP contribution in [0.15, 0.2) is 65.8 Å². The smallest absolute Gasteiger partial charge is 0.0762 e. The summed E-state index contributed by atoms with van der Waals surface area (Å²) in [7, 11) is 0. The van der Waals surface area contributed by atoms with Gasteiger partial charge in [-0.05, 0) is 55.2 Å². The van der Waals surface area contributed by atoms with Crippen LogP contribution in [0.25, 0.3) is 0 Å². The van der Waals surface area contributed by atoms with Crippen molar-refractivity contribution >= 4 is 11.4 Å². The number of nitrogens with one attached hydrogen (secondary N) is 1. The molecule has 0 heterocycles. The van der Waals surface area contributed by atoms with Crippen molar-refractivity contribution < 1.29 is 5.11 Å². The molecule has 146 valence electrons. The highest BCUT2D eigenvalue weighted by Crippen LogP contribution is 2.58. The first-order valence-electron chi connectivity index (χ1n) is 10.9. The van der Waals surface area contributed by atoms with E-state index in [4.69, 9.17) is 5.10 Å². The van der Waals surface area contributed by atoms with E-state index in [1.54, 1.807) is 0 Å². The van der Waals surface area contributed by atoms with Crippen LogP contribution in [0, 0.1) is 17.8 Å². The zero-order chi connectivity index (χ0) is 19.0. The van der Waals surface area contributed by atoms with Crippen molar-refractivity contribution in [3.8, 4) is 0 Å². The molecule has 2 N–H and O–H groups in total. The van der Waals surface area contributed by atoms with Crippen LogP contribution in [0.4, 0.5) is 5.69 Å². The average Bonchev–Trinajstić information content (AvgIpc) is 2.75. The minimum Gasteiger partial charge on any atom is -0.389 e. The molecule has 0 unspecified atom stereocenters. The summed E-state index contributed by atoms with van der Waals surface area (Å²) in [5.74, 6) is 1.36. The molecular formula is C25H30N2O. The number of hydrazone groups is 1. The second kappa shape index (κ2) is 7.36. The zero-order valence-electron chi connectivity index (χ0n) is 16.4. The Morgan fingerprint density at radius 2 is 1.61 bits per heavy atom. The molecule has 3 saturated carbocycles. The Bertz CT molecular complexity index is 834. The number of aliphatic hydroxyl groups is 1. The van der Waals surface area contributed by atoms with E-state index in [0.717, 1.165) is 31.4 Å². The number of benzene rings is 2. The van der Waals surface area contributed by atoms with Gasteiger partial charge in [0.1, 0.15) is 0 Å². The Morgan fingerprint density at radius 3 is 2.39 bits per heavy atom. The Kier molecular flexibility index (Phi) is 4.72. The largest absolute Gasteiger partial charge is 0.389 e. The molecule has 3 aliphatic carbocycles. The van der Waals surface area contributed by atoms with E-state index >= 15 is 0 Å². The van der Waals surface area contributed by atoms with Gasteiger partial charge >= 0.3 is 0 Å². The standard InChI is InChI=1S/C25H30N2O/c28-25-17-8-7-15-21(25)23(18-10-3-1-4-11-18)20-14-9-16-22(25)24(20)27-26-19-12-5-2-6-13-19/h1-6,10-13,20-23,26,28H,7-9,14-17H2/b27-24-/t20-,21-,22+,23+,25-/m1/s1. The van der Waals surface area contributed by atoms with Crippen molar-refractivity contribution in [3.63, 3.8) is 0 Å². The van der Waals surface area contributed by atoms with Crippen molar-refractivity contribution in [2.24, 2.45) is 22.9 Å². The summed E-state index contributed by atoms with van der Waals surface area (Å²) >= 11 is 0. The molecule has 5 atom stereocenters. The summed E-state index contributed by atoms with van der Waals surface area (Å²) in [4.78, 5) is 0. The van der Waals surface area contributed by atoms with E-state index in [-0.39, 0.29) is 5.92 Å². The molecule has 3 heteroatoms. The normalized spacial score (nSPS) is 36.0. The maximum atomic E-state index is 12.0. The highest BCUT2D eigenvalue weighted by molar-refractivity contribution is 5.93. The van der Waals surface area contributed by atoms with E-state index in [9.17, 15) is 5.11 Å². The van der Waals surface area contributed by atoms with E-state index in [1.807, 2.05) is 18.2 Å². The summed E-state index contributed by atoms with van der Waals surface area (Å²) in [5, 5.41) is 16.9. The lowest BCUT2D eigenvalue weighted by Crippen LogP contribution is -2.60. The fourth-order valence-electron chi connectivity index (χ4n) is 6.32. The number of para-hydroxylation sites is 1. The van der Waals surface area contributed by atoms with Gasteiger partial charge in [0.2, 0.25) is 0 Å². The number of hydrogen-bond donors (Lipinski definition) is 2. The van der Waals surface area contributed by atoms with E-state index in [0.29, 0.717) is 17.8 Å². The molecule has 2 aromatic carbocycles. The molecule has 0 amide bonds. The summed E-state index contributed by atoms with van der Waals surface area (Å²) in [6.07, 6.45) is 7.88. The Balaban J connectivity index is 1.57. The Labute approximate surface area is 167 Å². The SMILES string of the molecule is O[C@]12CCCC[C@@H]1[C@@H](c1ccccc1)[C@H]1CCC[C@H]2/C1=N\Nc1ccccc1. The molecule has 5 rings (SSSR count). The van der Waals surface area contributed by atoms with Gasteiger partial charge in [-0.2, -0.15) is 5.10 Å². The summed E-state index contributed by atoms with van der Waals surface area (Å²) in [6.45, 7) is 0. The zero-order valence-corrected chi connectivity index (χ0v) is 16.4. The van der Waals surface area contributed by atoms with Crippen LogP contribution in [-0.2, 0) is 0 Å². The van der Waals surface area contributed by atoms with Crippen LogP contribution in [0.1, 0.15) is 56.4 Å². The molecule has 28 heavy (non-hydrogen) atoms. The monoisotopic (exact) mass is 374 g/mol. The highest BCUT2D eigenvalue weighted by Gasteiger charge is 2.58. The van der Waals surface area contributed by atoms with E-state index in [1.165, 1.54) is 30.5 Å². The quantitative estimate of drug-likeness (QED) is 0.688. The molecule has 0 aromatic heterocycles. The fourth-order valence-corrected chi connectivity index (χ4v) is 6.32. The second-order valence-electron chi connectivity index (χ2n) is 8.88. The topological polar surface area (TPSA) is 44.6 Å². The average molecular weight is 375 g/mol. The van der Waals surface area contributed by atoms with E-state index < -0.39 is 5.60 Å². The fraction of sp³-hybridized carbons (Fsp3) is 0.480. The number of hydrogen-bond acceptors (Lipinski definition) is 3. The Morgan fingerprint density at radius 1 is 0.857 bits per heavy atom. The number of anilines is 1. The molecule has 3 nitrogen and oxygen atoms in total. The van der Waals surface area contributed by atoms with Crippen molar-refractivity contribution in [2.75, 3.05) is 5.43 Å². The van der Waals surface area contributed by atoms with Crippen molar-refractivity contribution in [2.45, 2.75) is 56.5 Å². The molecule has 2 bridgehead atoms. The van der Waals surface area contributed by atoms with Gasteiger partial charge in [0.05, 0.1) is 11.3 Å². The number of nitrogens with zero attached hydrogens (tertiary/aromatic N) is 1. The molecule has 3 aliphatic rings. The predicted octanol–water partition coefficient (Wildman–Crippen LogP) is 5.59. The predicted molar refractivity (Wildman–Crippen MR) is 114 cm³/mol. The summed E-state index contributed by atoms with van der Waals surface area (Å²) in [6, 6.07) is 21.1. The first-order chi connectivity index (χ1) is 13.8. The molecule has 0 saturated heterocycles. The number of rotatable bonds is 3. The van der Waals surface area contributed by atoms with Crippen LogP contribution in [0.5, 0.6) is 0 Å². The maximum absolute atomic E-state index is 12.0. The summed E-state index contributed by atoms with van der Waals surface area (Å²) < 4.78 is 0. The maximum Gasteiger partial charge on any atom is 0.0762 e. The minimum absolute atomic E-state index is 0.202. The molecule has 0 radical (unpaired) electrons. The lowest BCUT2D eigenvalue weighted by atomic mass is 9.49. The van der Waals surface area contributed by atoms with Gasteiger partial charge in [0.15, 0.2) is 0 Å². The highest BCUT2D eigenvalue weighted by atomic mass is 16.3. The van der Waals surface area contributed by atoms with E-state index in [2.05, 4.69) is 47.9 Å². The molecule has 0 spiro atoms. The number of fused-ring (bicyclic) bond motifs is 4. The van der Waals surface area contributed by atoms with Gasteiger partial charge in [-0.25, -0.2) is 0 Å². The third kappa shape index (κ3) is 2.97. The third-order valence-electron chi connectivity index (χ3n) is 7.47. The van der Waals surface area contributed by atoms with Crippen LogP contribution in [-0.4, -0.2) is 16.4 Å². The van der Waals surface area contributed by atoms with Gasteiger partial charge in [0, 0.05) is 17.5 Å². The van der Waals surface area contributed by atoms with Crippen molar-refractivity contribution in [3.05, 3.63) is 66.2 Å². The summed E-state index contributed by atoms with van der Waals surface area (Å²) in [5.41, 5.74) is 6.31. The van der Waals surface area contributed by atoms with Gasteiger partial charge < -0.3 is 5.11 Å². The van der Waals surface area contributed by atoms with Crippen LogP contribution in [0.3, 0.4) is 0 Å². The molecule has 2 aromatic rings. The molecular weight excluding hydrogens is 344 g/mol. The third-order valence-corrected chi connectivity index (χ3v) is 7.47. The minimum atomic E-state index is -0.604. The molecule has 3 fully saturated rings. The van der Waals surface area contributed by atoms with Crippen LogP contribution in [0.2, 0.25) is 0 Å². The second-order valence-corrected chi connectivity index (χ2v) is 8.88. The first-order valence-corrected chi connectivity index (χ1v) is 10.9.